The largest absolute Gasteiger partial charge is 0.353 e. The fraction of sp³-hybridized carbons (Fsp3) is 0.375. The maximum atomic E-state index is 11.6. The first-order chi connectivity index (χ1) is 10.0. The predicted octanol–water partition coefficient (Wildman–Crippen LogP) is 1.92. The van der Waals surface area contributed by atoms with E-state index in [0.717, 1.165) is 5.56 Å². The second kappa shape index (κ2) is 11.1. The van der Waals surface area contributed by atoms with Gasteiger partial charge >= 0.3 is 0 Å². The molecule has 122 valence electrons. The van der Waals surface area contributed by atoms with Gasteiger partial charge in [0, 0.05) is 20.6 Å². The molecule has 1 aromatic rings. The predicted molar refractivity (Wildman–Crippen MR) is 103 cm³/mol. The molecular formula is C16H25IN4O. The van der Waals surface area contributed by atoms with Gasteiger partial charge in [0.15, 0.2) is 5.96 Å². The molecule has 0 aliphatic carbocycles. The summed E-state index contributed by atoms with van der Waals surface area (Å²) in [6.07, 6.45) is 1.75. The molecule has 0 aliphatic rings. The SMILES string of the molecule is C=CCNC(=NCc1cccc(C)c1)NCC(=O)N(C)C.I. The van der Waals surface area contributed by atoms with Gasteiger partial charge in [0.2, 0.25) is 5.91 Å². The first-order valence-electron chi connectivity index (χ1n) is 6.91. The van der Waals surface area contributed by atoms with Gasteiger partial charge in [-0.25, -0.2) is 4.99 Å². The van der Waals surface area contributed by atoms with Crippen LogP contribution in [0.5, 0.6) is 0 Å². The lowest BCUT2D eigenvalue weighted by molar-refractivity contribution is -0.127. The molecule has 0 aliphatic heterocycles. The summed E-state index contributed by atoms with van der Waals surface area (Å²) in [6, 6.07) is 8.20. The number of guanidine groups is 1. The zero-order valence-electron chi connectivity index (χ0n) is 13.4. The van der Waals surface area contributed by atoms with Crippen LogP contribution in [0.2, 0.25) is 0 Å². The van der Waals surface area contributed by atoms with Crippen LogP contribution in [-0.2, 0) is 11.3 Å². The number of amides is 1. The Labute approximate surface area is 149 Å². The molecule has 1 rings (SSSR count). The highest BCUT2D eigenvalue weighted by Crippen LogP contribution is 2.04. The van der Waals surface area contributed by atoms with Crippen LogP contribution in [0, 0.1) is 6.92 Å². The zero-order valence-corrected chi connectivity index (χ0v) is 15.8. The molecule has 0 saturated heterocycles. The van der Waals surface area contributed by atoms with E-state index in [-0.39, 0.29) is 36.4 Å². The Morgan fingerprint density at radius 3 is 2.68 bits per heavy atom. The van der Waals surface area contributed by atoms with Crippen LogP contribution in [0.3, 0.4) is 0 Å². The van der Waals surface area contributed by atoms with E-state index in [1.54, 1.807) is 25.1 Å². The first kappa shape index (κ1) is 20.4. The summed E-state index contributed by atoms with van der Waals surface area (Å²) in [5, 5.41) is 6.12. The van der Waals surface area contributed by atoms with Gasteiger partial charge in [-0.15, -0.1) is 30.6 Å². The molecule has 1 aromatic carbocycles. The summed E-state index contributed by atoms with van der Waals surface area (Å²) in [5.74, 6) is 0.602. The Balaban J connectivity index is 0.00000441. The minimum atomic E-state index is -0.00124. The van der Waals surface area contributed by atoms with Crippen LogP contribution in [0.1, 0.15) is 11.1 Å². The van der Waals surface area contributed by atoms with E-state index >= 15 is 0 Å². The Kier molecular flexibility index (Phi) is 10.3. The van der Waals surface area contributed by atoms with Crippen molar-refractivity contribution in [1.82, 2.24) is 15.5 Å². The summed E-state index contributed by atoms with van der Waals surface area (Å²) in [7, 11) is 3.45. The molecule has 0 radical (unpaired) electrons. The Morgan fingerprint density at radius 1 is 1.36 bits per heavy atom. The quantitative estimate of drug-likeness (QED) is 0.323. The highest BCUT2D eigenvalue weighted by molar-refractivity contribution is 14.0. The Morgan fingerprint density at radius 2 is 2.09 bits per heavy atom. The molecule has 0 spiro atoms. The summed E-state index contributed by atoms with van der Waals surface area (Å²) in [4.78, 5) is 17.6. The number of benzene rings is 1. The summed E-state index contributed by atoms with van der Waals surface area (Å²) in [5.41, 5.74) is 2.34. The van der Waals surface area contributed by atoms with Crippen LogP contribution in [0.25, 0.3) is 0 Å². The van der Waals surface area contributed by atoms with Crippen molar-refractivity contribution in [3.8, 4) is 0 Å². The van der Waals surface area contributed by atoms with Crippen molar-refractivity contribution >= 4 is 35.8 Å². The monoisotopic (exact) mass is 416 g/mol. The van der Waals surface area contributed by atoms with Gasteiger partial charge in [-0.05, 0) is 12.5 Å². The molecule has 22 heavy (non-hydrogen) atoms. The molecule has 0 aromatic heterocycles. The van der Waals surface area contributed by atoms with Crippen molar-refractivity contribution in [2.45, 2.75) is 13.5 Å². The highest BCUT2D eigenvalue weighted by atomic mass is 127. The van der Waals surface area contributed by atoms with Crippen molar-refractivity contribution in [2.24, 2.45) is 4.99 Å². The minimum Gasteiger partial charge on any atom is -0.353 e. The maximum absolute atomic E-state index is 11.6. The second-order valence-electron chi connectivity index (χ2n) is 4.97. The number of hydrogen-bond acceptors (Lipinski definition) is 2. The van der Waals surface area contributed by atoms with E-state index < -0.39 is 0 Å². The molecule has 1 amide bonds. The van der Waals surface area contributed by atoms with E-state index in [2.05, 4.69) is 41.3 Å². The molecule has 2 N–H and O–H groups in total. The number of likely N-dealkylation sites (N-methyl/N-ethyl adjacent to an activating group) is 1. The van der Waals surface area contributed by atoms with Gasteiger partial charge in [0.1, 0.15) is 0 Å². The summed E-state index contributed by atoms with van der Waals surface area (Å²) < 4.78 is 0. The number of nitrogens with zero attached hydrogens (tertiary/aromatic N) is 2. The van der Waals surface area contributed by atoms with E-state index in [1.807, 2.05) is 12.1 Å². The normalized spacial score (nSPS) is 10.4. The van der Waals surface area contributed by atoms with Gasteiger partial charge in [0.25, 0.3) is 0 Å². The van der Waals surface area contributed by atoms with Gasteiger partial charge in [0.05, 0.1) is 13.1 Å². The van der Waals surface area contributed by atoms with E-state index in [9.17, 15) is 4.79 Å². The van der Waals surface area contributed by atoms with Crippen LogP contribution in [0.4, 0.5) is 0 Å². The van der Waals surface area contributed by atoms with Crippen molar-refractivity contribution in [1.29, 1.82) is 0 Å². The average molecular weight is 416 g/mol. The maximum Gasteiger partial charge on any atom is 0.241 e. The van der Waals surface area contributed by atoms with Gasteiger partial charge < -0.3 is 15.5 Å². The summed E-state index contributed by atoms with van der Waals surface area (Å²) >= 11 is 0. The number of nitrogens with one attached hydrogen (secondary N) is 2. The van der Waals surface area contributed by atoms with Gasteiger partial charge in [-0.1, -0.05) is 35.9 Å². The minimum absolute atomic E-state index is 0. The molecule has 0 saturated carbocycles. The second-order valence-corrected chi connectivity index (χ2v) is 4.97. The average Bonchev–Trinajstić information content (AvgIpc) is 2.46. The number of hydrogen-bond donors (Lipinski definition) is 2. The smallest absolute Gasteiger partial charge is 0.241 e. The standard InChI is InChI=1S/C16H24N4O.HI/c1-5-9-17-16(19-12-15(21)20(3)4)18-11-14-8-6-7-13(2)10-14;/h5-8,10H,1,9,11-12H2,2-4H3,(H2,17,18,19);1H. The third-order valence-electron chi connectivity index (χ3n) is 2.82. The first-order valence-corrected chi connectivity index (χ1v) is 6.91. The fourth-order valence-electron chi connectivity index (χ4n) is 1.64. The zero-order chi connectivity index (χ0) is 15.7. The van der Waals surface area contributed by atoms with E-state index in [4.69, 9.17) is 0 Å². The number of aryl methyl sites for hydroxylation is 1. The molecule has 0 heterocycles. The van der Waals surface area contributed by atoms with Gasteiger partial charge in [-0.2, -0.15) is 0 Å². The molecule has 0 bridgehead atoms. The Hall–Kier alpha value is -1.57. The van der Waals surface area contributed by atoms with Crippen molar-refractivity contribution < 1.29 is 4.79 Å². The number of halogens is 1. The van der Waals surface area contributed by atoms with E-state index in [1.165, 1.54) is 5.56 Å². The lowest BCUT2D eigenvalue weighted by atomic mass is 10.1. The Bertz CT molecular complexity index is 515. The van der Waals surface area contributed by atoms with E-state index in [0.29, 0.717) is 19.0 Å². The van der Waals surface area contributed by atoms with Crippen LogP contribution in [0.15, 0.2) is 41.9 Å². The molecule has 0 fully saturated rings. The van der Waals surface area contributed by atoms with Crippen LogP contribution in [-0.4, -0.2) is 44.0 Å². The fourth-order valence-corrected chi connectivity index (χ4v) is 1.64. The van der Waals surface area contributed by atoms with Crippen LogP contribution >= 0.6 is 24.0 Å². The molecule has 0 atom stereocenters. The molecule has 0 unspecified atom stereocenters. The van der Waals surface area contributed by atoms with Crippen LogP contribution < -0.4 is 10.6 Å². The number of aliphatic imine (C=N–C) groups is 1. The number of carbonyl (C=O) groups excluding carboxylic acids is 1. The number of carbonyl (C=O) groups is 1. The summed E-state index contributed by atoms with van der Waals surface area (Å²) in [6.45, 7) is 7.08. The third kappa shape index (κ3) is 8.02. The number of rotatable bonds is 6. The third-order valence-corrected chi connectivity index (χ3v) is 2.82. The highest BCUT2D eigenvalue weighted by Gasteiger charge is 2.05. The van der Waals surface area contributed by atoms with Crippen molar-refractivity contribution in [3.05, 3.63) is 48.0 Å². The molecule has 5 nitrogen and oxygen atoms in total. The molecular weight excluding hydrogens is 391 g/mol. The lowest BCUT2D eigenvalue weighted by Crippen LogP contribution is -2.43. The van der Waals surface area contributed by atoms with Gasteiger partial charge in [-0.3, -0.25) is 4.79 Å². The lowest BCUT2D eigenvalue weighted by Gasteiger charge is -2.14. The van der Waals surface area contributed by atoms with Crippen molar-refractivity contribution in [2.75, 3.05) is 27.2 Å². The molecule has 6 heteroatoms. The topological polar surface area (TPSA) is 56.7 Å². The van der Waals surface area contributed by atoms with Crippen molar-refractivity contribution in [3.63, 3.8) is 0 Å².